The molecule has 2 aromatic rings. The molecule has 2 heteroatoms. The lowest BCUT2D eigenvalue weighted by atomic mass is 9.92. The van der Waals surface area contributed by atoms with Gasteiger partial charge in [-0.2, -0.15) is 0 Å². The van der Waals surface area contributed by atoms with Crippen LogP contribution in [0.25, 0.3) is 10.8 Å². The molecule has 3 rings (SSSR count). The van der Waals surface area contributed by atoms with Gasteiger partial charge < -0.3 is 5.32 Å². The maximum Gasteiger partial charge on any atom is 0.0422 e. The van der Waals surface area contributed by atoms with E-state index in [-0.39, 0.29) is 0 Å². The summed E-state index contributed by atoms with van der Waals surface area (Å²) in [4.78, 5) is 0. The van der Waals surface area contributed by atoms with Crippen LogP contribution in [0.4, 0.5) is 5.69 Å². The normalized spacial score (nSPS) is 16.1. The van der Waals surface area contributed by atoms with E-state index in [0.29, 0.717) is 6.04 Å². The second-order valence-corrected chi connectivity index (χ2v) is 5.27. The predicted molar refractivity (Wildman–Crippen MR) is 72.9 cm³/mol. The maximum atomic E-state index is 3.63. The number of nitrogens with one attached hydrogen (secondary N) is 1. The van der Waals surface area contributed by atoms with Crippen molar-refractivity contribution in [3.8, 4) is 0 Å². The van der Waals surface area contributed by atoms with E-state index < -0.39 is 0 Å². The number of hydrogen-bond acceptors (Lipinski definition) is 1. The average Bonchev–Trinajstić information content (AvgIpc) is 2.24. The third-order valence-corrected chi connectivity index (χ3v) is 4.03. The first-order valence-corrected chi connectivity index (χ1v) is 6.58. The molecule has 0 atom stereocenters. The van der Waals surface area contributed by atoms with Gasteiger partial charge >= 0.3 is 0 Å². The minimum absolute atomic E-state index is 0.685. The summed E-state index contributed by atoms with van der Waals surface area (Å²) >= 11 is 3.60. The van der Waals surface area contributed by atoms with Gasteiger partial charge in [0.15, 0.2) is 0 Å². The van der Waals surface area contributed by atoms with Crippen molar-refractivity contribution in [3.05, 3.63) is 40.9 Å². The van der Waals surface area contributed by atoms with Crippen LogP contribution in [0, 0.1) is 0 Å². The van der Waals surface area contributed by atoms with Crippen molar-refractivity contribution < 1.29 is 0 Å². The van der Waals surface area contributed by atoms with Gasteiger partial charge in [0.25, 0.3) is 0 Å². The van der Waals surface area contributed by atoms with Crippen LogP contribution >= 0.6 is 15.9 Å². The Morgan fingerprint density at radius 2 is 1.75 bits per heavy atom. The molecule has 1 N–H and O–H groups in total. The molecule has 2 aromatic carbocycles. The van der Waals surface area contributed by atoms with Crippen molar-refractivity contribution in [1.29, 1.82) is 0 Å². The van der Waals surface area contributed by atoms with E-state index in [1.807, 2.05) is 0 Å². The van der Waals surface area contributed by atoms with Crippen molar-refractivity contribution in [1.82, 2.24) is 0 Å². The highest BCUT2D eigenvalue weighted by atomic mass is 79.9. The predicted octanol–water partition coefficient (Wildman–Crippen LogP) is 4.57. The standard InChI is InChI=1S/C14H14BrN/c15-13-8-2-7-12-11(13)6-3-9-14(12)16-10-4-1-5-10/h2-3,6-10,16H,1,4-5H2. The lowest BCUT2D eigenvalue weighted by Crippen LogP contribution is -2.26. The van der Waals surface area contributed by atoms with E-state index in [1.165, 1.54) is 40.2 Å². The first kappa shape index (κ1) is 10.2. The Labute approximate surface area is 104 Å². The van der Waals surface area contributed by atoms with Crippen molar-refractivity contribution in [2.45, 2.75) is 25.3 Å². The Bertz CT molecular complexity index is 517. The van der Waals surface area contributed by atoms with Crippen LogP contribution in [0.5, 0.6) is 0 Å². The molecule has 0 aromatic heterocycles. The van der Waals surface area contributed by atoms with Gasteiger partial charge in [0.05, 0.1) is 0 Å². The molecular formula is C14H14BrN. The van der Waals surface area contributed by atoms with Gasteiger partial charge in [-0.1, -0.05) is 40.2 Å². The van der Waals surface area contributed by atoms with Crippen LogP contribution in [0.3, 0.4) is 0 Å². The number of rotatable bonds is 2. The summed E-state index contributed by atoms with van der Waals surface area (Å²) in [6.07, 6.45) is 3.99. The number of fused-ring (bicyclic) bond motifs is 1. The molecule has 1 fully saturated rings. The maximum absolute atomic E-state index is 3.63. The zero-order valence-corrected chi connectivity index (χ0v) is 10.6. The molecule has 0 heterocycles. The average molecular weight is 276 g/mol. The Kier molecular flexibility index (Phi) is 2.60. The summed E-state index contributed by atoms with van der Waals surface area (Å²) in [5, 5.41) is 6.22. The van der Waals surface area contributed by atoms with Crippen LogP contribution in [0.15, 0.2) is 40.9 Å². The van der Waals surface area contributed by atoms with Gasteiger partial charge in [-0.25, -0.2) is 0 Å². The largest absolute Gasteiger partial charge is 0.382 e. The van der Waals surface area contributed by atoms with Crippen LogP contribution in [-0.4, -0.2) is 6.04 Å². The van der Waals surface area contributed by atoms with Gasteiger partial charge in [-0.15, -0.1) is 0 Å². The topological polar surface area (TPSA) is 12.0 Å². The monoisotopic (exact) mass is 275 g/mol. The van der Waals surface area contributed by atoms with Gasteiger partial charge in [0.1, 0.15) is 0 Å². The van der Waals surface area contributed by atoms with Crippen LogP contribution in [0.1, 0.15) is 19.3 Å². The fourth-order valence-corrected chi connectivity index (χ4v) is 2.67. The highest BCUT2D eigenvalue weighted by Crippen LogP contribution is 2.31. The molecule has 0 radical (unpaired) electrons. The Morgan fingerprint density at radius 3 is 2.50 bits per heavy atom. The SMILES string of the molecule is Brc1cccc2c(NC3CCC3)cccc12. The van der Waals surface area contributed by atoms with Gasteiger partial charge in [-0.05, 0) is 36.8 Å². The first-order valence-electron chi connectivity index (χ1n) is 5.78. The molecule has 16 heavy (non-hydrogen) atoms. The summed E-state index contributed by atoms with van der Waals surface area (Å²) in [6.45, 7) is 0. The molecule has 1 aliphatic rings. The zero-order chi connectivity index (χ0) is 11.0. The fraction of sp³-hybridized carbons (Fsp3) is 0.286. The Hall–Kier alpha value is -1.02. The van der Waals surface area contributed by atoms with Crippen molar-refractivity contribution >= 4 is 32.4 Å². The molecule has 82 valence electrons. The second-order valence-electron chi connectivity index (χ2n) is 4.41. The molecule has 1 aliphatic carbocycles. The highest BCUT2D eigenvalue weighted by molar-refractivity contribution is 9.10. The Balaban J connectivity index is 2.06. The number of benzene rings is 2. The van der Waals surface area contributed by atoms with E-state index in [2.05, 4.69) is 57.6 Å². The molecule has 0 spiro atoms. The van der Waals surface area contributed by atoms with Crippen molar-refractivity contribution in [2.24, 2.45) is 0 Å². The molecule has 0 amide bonds. The number of anilines is 1. The number of hydrogen-bond donors (Lipinski definition) is 1. The fourth-order valence-electron chi connectivity index (χ4n) is 2.17. The minimum atomic E-state index is 0.685. The highest BCUT2D eigenvalue weighted by Gasteiger charge is 2.17. The summed E-state index contributed by atoms with van der Waals surface area (Å²) in [6, 6.07) is 13.5. The van der Waals surface area contributed by atoms with Crippen LogP contribution in [0.2, 0.25) is 0 Å². The van der Waals surface area contributed by atoms with Crippen LogP contribution in [-0.2, 0) is 0 Å². The summed E-state index contributed by atoms with van der Waals surface area (Å²) in [7, 11) is 0. The molecule has 0 aliphatic heterocycles. The minimum Gasteiger partial charge on any atom is -0.382 e. The Morgan fingerprint density at radius 1 is 1.00 bits per heavy atom. The quantitative estimate of drug-likeness (QED) is 0.847. The van der Waals surface area contributed by atoms with E-state index in [1.54, 1.807) is 0 Å². The van der Waals surface area contributed by atoms with E-state index in [4.69, 9.17) is 0 Å². The second kappa shape index (κ2) is 4.10. The van der Waals surface area contributed by atoms with E-state index in [0.717, 1.165) is 0 Å². The van der Waals surface area contributed by atoms with Gasteiger partial charge in [0.2, 0.25) is 0 Å². The van der Waals surface area contributed by atoms with Gasteiger partial charge in [0, 0.05) is 21.6 Å². The third-order valence-electron chi connectivity index (χ3n) is 3.33. The van der Waals surface area contributed by atoms with Crippen LogP contribution < -0.4 is 5.32 Å². The lowest BCUT2D eigenvalue weighted by molar-refractivity contribution is 0.446. The summed E-state index contributed by atoms with van der Waals surface area (Å²) in [5.74, 6) is 0. The van der Waals surface area contributed by atoms with Gasteiger partial charge in [-0.3, -0.25) is 0 Å². The summed E-state index contributed by atoms with van der Waals surface area (Å²) in [5.41, 5.74) is 1.27. The lowest BCUT2D eigenvalue weighted by Gasteiger charge is -2.28. The molecule has 1 saturated carbocycles. The first-order chi connectivity index (χ1) is 7.84. The smallest absolute Gasteiger partial charge is 0.0422 e. The summed E-state index contributed by atoms with van der Waals surface area (Å²) < 4.78 is 1.17. The van der Waals surface area contributed by atoms with E-state index in [9.17, 15) is 0 Å². The van der Waals surface area contributed by atoms with E-state index >= 15 is 0 Å². The molecule has 0 saturated heterocycles. The molecule has 0 unspecified atom stereocenters. The van der Waals surface area contributed by atoms with Crippen molar-refractivity contribution in [2.75, 3.05) is 5.32 Å². The zero-order valence-electron chi connectivity index (χ0n) is 9.04. The number of halogens is 1. The molecule has 1 nitrogen and oxygen atoms in total. The third kappa shape index (κ3) is 1.71. The van der Waals surface area contributed by atoms with Crippen molar-refractivity contribution in [3.63, 3.8) is 0 Å². The molecule has 0 bridgehead atoms. The molecular weight excluding hydrogens is 262 g/mol.